The maximum Gasteiger partial charge on any atom is 0.253 e. The Hall–Kier alpha value is -3.34. The van der Waals surface area contributed by atoms with Crippen LogP contribution in [0.25, 0.3) is 11.3 Å². The van der Waals surface area contributed by atoms with E-state index in [1.807, 2.05) is 86.1 Å². The highest BCUT2D eigenvalue weighted by Crippen LogP contribution is 2.20. The highest BCUT2D eigenvalue weighted by atomic mass is 16.1. The molecule has 0 bridgehead atoms. The van der Waals surface area contributed by atoms with E-state index in [2.05, 4.69) is 14.9 Å². The summed E-state index contributed by atoms with van der Waals surface area (Å²) < 4.78 is 4.08. The Morgan fingerprint density at radius 1 is 1.07 bits per heavy atom. The molecule has 0 fully saturated rings. The lowest BCUT2D eigenvalue weighted by molar-refractivity contribution is 0.0950. The number of pyridine rings is 1. The molecule has 1 aromatic carbocycles. The number of rotatable bonds is 4. The molecule has 0 unspecified atom stereocenters. The number of amides is 1. The Morgan fingerprint density at radius 2 is 1.85 bits per heavy atom. The molecule has 5 heteroatoms. The van der Waals surface area contributed by atoms with Crippen molar-refractivity contribution in [1.82, 2.24) is 19.3 Å². The van der Waals surface area contributed by atoms with Crippen molar-refractivity contribution in [1.29, 1.82) is 0 Å². The lowest BCUT2D eigenvalue weighted by atomic mass is 10.2. The van der Waals surface area contributed by atoms with Gasteiger partial charge in [0, 0.05) is 29.5 Å². The van der Waals surface area contributed by atoms with E-state index in [1.165, 1.54) is 0 Å². The molecule has 0 spiro atoms. The SMILES string of the molecule is Cc1cccn2cc(CNC(=O)c3cc(C)n(-c4ccccc4)c3C)nc12. The fourth-order valence-electron chi connectivity index (χ4n) is 3.52. The van der Waals surface area contributed by atoms with Gasteiger partial charge in [-0.25, -0.2) is 4.98 Å². The summed E-state index contributed by atoms with van der Waals surface area (Å²) in [7, 11) is 0. The Kier molecular flexibility index (Phi) is 4.28. The third kappa shape index (κ3) is 3.12. The summed E-state index contributed by atoms with van der Waals surface area (Å²) in [6.45, 7) is 6.42. The van der Waals surface area contributed by atoms with Crippen LogP contribution >= 0.6 is 0 Å². The van der Waals surface area contributed by atoms with Crippen molar-refractivity contribution in [2.75, 3.05) is 0 Å². The van der Waals surface area contributed by atoms with Gasteiger partial charge in [-0.15, -0.1) is 0 Å². The van der Waals surface area contributed by atoms with Crippen LogP contribution < -0.4 is 5.32 Å². The topological polar surface area (TPSA) is 51.3 Å². The number of carbonyl (C=O) groups is 1. The minimum atomic E-state index is -0.0842. The lowest BCUT2D eigenvalue weighted by Gasteiger charge is -2.09. The first kappa shape index (κ1) is 17.1. The molecule has 4 aromatic rings. The molecule has 0 radical (unpaired) electrons. The van der Waals surface area contributed by atoms with Gasteiger partial charge in [0.1, 0.15) is 5.65 Å². The van der Waals surface area contributed by atoms with E-state index in [4.69, 9.17) is 0 Å². The number of nitrogens with zero attached hydrogens (tertiary/aromatic N) is 3. The van der Waals surface area contributed by atoms with E-state index >= 15 is 0 Å². The first-order chi connectivity index (χ1) is 13.0. The van der Waals surface area contributed by atoms with Gasteiger partial charge in [0.05, 0.1) is 17.8 Å². The van der Waals surface area contributed by atoms with E-state index in [0.717, 1.165) is 34.0 Å². The number of benzene rings is 1. The minimum absolute atomic E-state index is 0.0842. The number of hydrogen-bond donors (Lipinski definition) is 1. The zero-order valence-electron chi connectivity index (χ0n) is 15.7. The van der Waals surface area contributed by atoms with Crippen molar-refractivity contribution in [2.45, 2.75) is 27.3 Å². The standard InChI is InChI=1S/C22H22N4O/c1-15-8-7-11-25-14-18(24-21(15)25)13-23-22(27)20-12-16(2)26(17(20)3)19-9-5-4-6-10-19/h4-12,14H,13H2,1-3H3,(H,23,27). The first-order valence-electron chi connectivity index (χ1n) is 9.00. The number of hydrogen-bond acceptors (Lipinski definition) is 2. The second kappa shape index (κ2) is 6.76. The highest BCUT2D eigenvalue weighted by molar-refractivity contribution is 5.95. The molecule has 3 heterocycles. The number of aromatic nitrogens is 3. The van der Waals surface area contributed by atoms with Gasteiger partial charge in [-0.05, 0) is 50.6 Å². The summed E-state index contributed by atoms with van der Waals surface area (Å²) in [4.78, 5) is 17.4. The lowest BCUT2D eigenvalue weighted by Crippen LogP contribution is -2.23. The van der Waals surface area contributed by atoms with E-state index in [-0.39, 0.29) is 5.91 Å². The fourth-order valence-corrected chi connectivity index (χ4v) is 3.52. The summed E-state index contributed by atoms with van der Waals surface area (Å²) in [6, 6.07) is 16.0. The third-order valence-electron chi connectivity index (χ3n) is 4.85. The van der Waals surface area contributed by atoms with E-state index < -0.39 is 0 Å². The van der Waals surface area contributed by atoms with Crippen LogP contribution in [0.15, 0.2) is 60.9 Å². The van der Waals surface area contributed by atoms with Gasteiger partial charge in [-0.3, -0.25) is 4.79 Å². The van der Waals surface area contributed by atoms with Crippen molar-refractivity contribution >= 4 is 11.6 Å². The van der Waals surface area contributed by atoms with Gasteiger partial charge in [-0.1, -0.05) is 24.3 Å². The quantitative estimate of drug-likeness (QED) is 0.600. The zero-order chi connectivity index (χ0) is 19.0. The largest absolute Gasteiger partial charge is 0.346 e. The van der Waals surface area contributed by atoms with Gasteiger partial charge < -0.3 is 14.3 Å². The van der Waals surface area contributed by atoms with Crippen LogP contribution in [0, 0.1) is 20.8 Å². The summed E-state index contributed by atoms with van der Waals surface area (Å²) in [6.07, 6.45) is 3.92. The molecule has 1 amide bonds. The van der Waals surface area contributed by atoms with E-state index in [0.29, 0.717) is 12.1 Å². The molecule has 0 aliphatic rings. The van der Waals surface area contributed by atoms with Crippen molar-refractivity contribution in [3.63, 3.8) is 0 Å². The molecule has 0 aliphatic carbocycles. The predicted molar refractivity (Wildman–Crippen MR) is 106 cm³/mol. The van der Waals surface area contributed by atoms with Gasteiger partial charge in [0.2, 0.25) is 0 Å². The normalized spacial score (nSPS) is 11.1. The van der Waals surface area contributed by atoms with Crippen LogP contribution in [0.3, 0.4) is 0 Å². The van der Waals surface area contributed by atoms with Crippen molar-refractivity contribution < 1.29 is 4.79 Å². The number of carbonyl (C=O) groups excluding carboxylic acids is 1. The van der Waals surface area contributed by atoms with Crippen LogP contribution in [0.5, 0.6) is 0 Å². The van der Waals surface area contributed by atoms with Gasteiger partial charge in [0.15, 0.2) is 0 Å². The van der Waals surface area contributed by atoms with Gasteiger partial charge >= 0.3 is 0 Å². The third-order valence-corrected chi connectivity index (χ3v) is 4.85. The van der Waals surface area contributed by atoms with E-state index in [1.54, 1.807) is 0 Å². The maximum absolute atomic E-state index is 12.8. The number of fused-ring (bicyclic) bond motifs is 1. The molecule has 27 heavy (non-hydrogen) atoms. The number of nitrogens with one attached hydrogen (secondary N) is 1. The number of para-hydroxylation sites is 1. The van der Waals surface area contributed by atoms with Crippen molar-refractivity contribution in [3.05, 3.63) is 89.1 Å². The predicted octanol–water partition coefficient (Wildman–Crippen LogP) is 3.98. The molecule has 0 aliphatic heterocycles. The average molecular weight is 358 g/mol. The number of imidazole rings is 1. The second-order valence-corrected chi connectivity index (χ2v) is 6.79. The van der Waals surface area contributed by atoms with Crippen LogP contribution in [0.2, 0.25) is 0 Å². The summed E-state index contributed by atoms with van der Waals surface area (Å²) in [5, 5.41) is 3.00. The summed E-state index contributed by atoms with van der Waals surface area (Å²) in [5.41, 5.74) is 6.59. The Balaban J connectivity index is 1.55. The van der Waals surface area contributed by atoms with Crippen molar-refractivity contribution in [2.24, 2.45) is 0 Å². The molecular weight excluding hydrogens is 336 g/mol. The molecule has 136 valence electrons. The maximum atomic E-state index is 12.8. The minimum Gasteiger partial charge on any atom is -0.346 e. The van der Waals surface area contributed by atoms with Crippen LogP contribution in [0.4, 0.5) is 0 Å². The molecule has 1 N–H and O–H groups in total. The van der Waals surface area contributed by atoms with Crippen molar-refractivity contribution in [3.8, 4) is 5.69 Å². The van der Waals surface area contributed by atoms with Crippen LogP contribution in [-0.4, -0.2) is 19.9 Å². The second-order valence-electron chi connectivity index (χ2n) is 6.79. The highest BCUT2D eigenvalue weighted by Gasteiger charge is 2.16. The smallest absolute Gasteiger partial charge is 0.253 e. The zero-order valence-corrected chi connectivity index (χ0v) is 15.7. The van der Waals surface area contributed by atoms with Gasteiger partial charge in [-0.2, -0.15) is 0 Å². The molecule has 3 aromatic heterocycles. The molecule has 5 nitrogen and oxygen atoms in total. The molecule has 4 rings (SSSR count). The van der Waals surface area contributed by atoms with E-state index in [9.17, 15) is 4.79 Å². The monoisotopic (exact) mass is 358 g/mol. The molecule has 0 saturated heterocycles. The average Bonchev–Trinajstić information content (AvgIpc) is 3.22. The molecule has 0 atom stereocenters. The fraction of sp³-hybridized carbons (Fsp3) is 0.182. The van der Waals surface area contributed by atoms with Crippen LogP contribution in [0.1, 0.15) is 33.0 Å². The Morgan fingerprint density at radius 3 is 2.59 bits per heavy atom. The number of aryl methyl sites for hydroxylation is 2. The Labute approximate surface area is 158 Å². The van der Waals surface area contributed by atoms with Crippen LogP contribution in [-0.2, 0) is 6.54 Å². The molecular formula is C22H22N4O. The Bertz CT molecular complexity index is 1120. The first-order valence-corrected chi connectivity index (χ1v) is 9.00. The summed E-state index contributed by atoms with van der Waals surface area (Å²) in [5.74, 6) is -0.0842. The summed E-state index contributed by atoms with van der Waals surface area (Å²) >= 11 is 0. The van der Waals surface area contributed by atoms with Gasteiger partial charge in [0.25, 0.3) is 5.91 Å². The molecule has 0 saturated carbocycles.